The summed E-state index contributed by atoms with van der Waals surface area (Å²) in [5.41, 5.74) is 1.03. The summed E-state index contributed by atoms with van der Waals surface area (Å²) in [4.78, 5) is 28.1. The van der Waals surface area contributed by atoms with Crippen LogP contribution in [0.2, 0.25) is 15.1 Å². The molecule has 36 heavy (non-hydrogen) atoms. The smallest absolute Gasteiger partial charge is 0.244 e. The van der Waals surface area contributed by atoms with Gasteiger partial charge in [-0.2, -0.15) is 0 Å². The summed E-state index contributed by atoms with van der Waals surface area (Å²) in [6.45, 7) is 1.34. The van der Waals surface area contributed by atoms with Gasteiger partial charge in [-0.25, -0.2) is 8.42 Å². The van der Waals surface area contributed by atoms with E-state index in [0.29, 0.717) is 6.42 Å². The lowest BCUT2D eigenvalue weighted by Gasteiger charge is -2.32. The number of rotatable bonds is 10. The minimum absolute atomic E-state index is 0.0329. The van der Waals surface area contributed by atoms with E-state index in [1.165, 1.54) is 17.0 Å². The Labute approximate surface area is 227 Å². The largest absolute Gasteiger partial charge is 0.352 e. The minimum Gasteiger partial charge on any atom is -0.352 e. The van der Waals surface area contributed by atoms with Crippen LogP contribution in [0, 0.1) is 0 Å². The number of hydrogen-bond donors (Lipinski definition) is 1. The Kier molecular flexibility index (Phi) is 9.92. The van der Waals surface area contributed by atoms with Gasteiger partial charge in [-0.05, 0) is 43.9 Å². The number of benzene rings is 2. The second-order valence-corrected chi connectivity index (χ2v) is 12.1. The van der Waals surface area contributed by atoms with Gasteiger partial charge in [0.25, 0.3) is 0 Å². The van der Waals surface area contributed by atoms with Crippen LogP contribution in [0.3, 0.4) is 0 Å². The Morgan fingerprint density at radius 2 is 1.64 bits per heavy atom. The van der Waals surface area contributed by atoms with Crippen LogP contribution in [0.5, 0.6) is 0 Å². The number of hydrogen-bond acceptors (Lipinski definition) is 4. The number of nitrogens with one attached hydrogen (secondary N) is 1. The highest BCUT2D eigenvalue weighted by Crippen LogP contribution is 2.35. The molecule has 0 unspecified atom stereocenters. The summed E-state index contributed by atoms with van der Waals surface area (Å²) in [7, 11) is -3.93. The van der Waals surface area contributed by atoms with Crippen molar-refractivity contribution in [2.45, 2.75) is 51.1 Å². The maximum absolute atomic E-state index is 13.6. The summed E-state index contributed by atoms with van der Waals surface area (Å²) >= 11 is 18.4. The molecule has 1 fully saturated rings. The molecule has 1 aliphatic rings. The van der Waals surface area contributed by atoms with E-state index in [1.807, 2.05) is 30.3 Å². The topological polar surface area (TPSA) is 86.8 Å². The fourth-order valence-electron chi connectivity index (χ4n) is 4.26. The molecule has 0 aliphatic heterocycles. The van der Waals surface area contributed by atoms with E-state index >= 15 is 0 Å². The molecule has 0 saturated heterocycles. The van der Waals surface area contributed by atoms with E-state index in [4.69, 9.17) is 34.8 Å². The number of amides is 2. The summed E-state index contributed by atoms with van der Waals surface area (Å²) in [6.07, 6.45) is 5.42. The van der Waals surface area contributed by atoms with Crippen LogP contribution < -0.4 is 9.62 Å². The number of carbonyl (C=O) groups excluding carboxylic acids is 2. The Bertz CT molecular complexity index is 1190. The summed E-state index contributed by atoms with van der Waals surface area (Å²) < 4.78 is 26.3. The minimum atomic E-state index is -3.93. The third-order valence-corrected chi connectivity index (χ3v) is 8.44. The van der Waals surface area contributed by atoms with Crippen LogP contribution >= 0.6 is 34.8 Å². The van der Waals surface area contributed by atoms with Crippen molar-refractivity contribution < 1.29 is 18.0 Å². The number of carbonyl (C=O) groups is 2. The Balaban J connectivity index is 1.87. The highest BCUT2D eigenvalue weighted by atomic mass is 35.5. The lowest BCUT2D eigenvalue weighted by Crippen LogP contribution is -2.53. The summed E-state index contributed by atoms with van der Waals surface area (Å²) in [6, 6.07) is 11.5. The van der Waals surface area contributed by atoms with E-state index < -0.39 is 28.5 Å². The van der Waals surface area contributed by atoms with E-state index in [0.717, 1.165) is 41.8 Å². The lowest BCUT2D eigenvalue weighted by atomic mass is 10.1. The molecule has 0 bridgehead atoms. The normalized spacial score (nSPS) is 14.9. The highest BCUT2D eigenvalue weighted by molar-refractivity contribution is 7.92. The average Bonchev–Trinajstić information content (AvgIpc) is 3.33. The van der Waals surface area contributed by atoms with Crippen molar-refractivity contribution in [2.75, 3.05) is 23.7 Å². The van der Waals surface area contributed by atoms with Crippen LogP contribution in [-0.2, 0) is 26.0 Å². The fourth-order valence-corrected chi connectivity index (χ4v) is 5.81. The van der Waals surface area contributed by atoms with E-state index in [-0.39, 0.29) is 39.2 Å². The molecule has 1 saturated carbocycles. The van der Waals surface area contributed by atoms with Crippen LogP contribution in [0.15, 0.2) is 42.5 Å². The van der Waals surface area contributed by atoms with Gasteiger partial charge < -0.3 is 10.2 Å². The van der Waals surface area contributed by atoms with Crippen LogP contribution in [-0.4, -0.2) is 56.6 Å². The average molecular weight is 575 g/mol. The molecular weight excluding hydrogens is 545 g/mol. The van der Waals surface area contributed by atoms with Gasteiger partial charge in [0.15, 0.2) is 0 Å². The van der Waals surface area contributed by atoms with Crippen LogP contribution in [0.4, 0.5) is 5.69 Å². The molecule has 0 radical (unpaired) electrons. The van der Waals surface area contributed by atoms with Gasteiger partial charge in [0, 0.05) is 12.6 Å². The predicted octanol–water partition coefficient (Wildman–Crippen LogP) is 4.93. The highest BCUT2D eigenvalue weighted by Gasteiger charge is 2.32. The molecule has 1 aliphatic carbocycles. The molecule has 2 amide bonds. The van der Waals surface area contributed by atoms with Gasteiger partial charge in [-0.1, -0.05) is 78.0 Å². The second kappa shape index (κ2) is 12.5. The molecule has 3 rings (SSSR count). The number of anilines is 1. The quantitative estimate of drug-likeness (QED) is 0.408. The van der Waals surface area contributed by atoms with Gasteiger partial charge in [0.1, 0.15) is 12.6 Å². The van der Waals surface area contributed by atoms with Crippen LogP contribution in [0.25, 0.3) is 0 Å². The molecular formula is C25H30Cl3N3O4S. The Hall–Kier alpha value is -2.00. The zero-order valence-corrected chi connectivity index (χ0v) is 23.3. The fraction of sp³-hybridized carbons (Fsp3) is 0.440. The van der Waals surface area contributed by atoms with Crippen molar-refractivity contribution in [1.82, 2.24) is 10.2 Å². The molecule has 2 aromatic carbocycles. The molecule has 196 valence electrons. The third kappa shape index (κ3) is 7.51. The first-order valence-corrected chi connectivity index (χ1v) is 14.7. The molecule has 0 spiro atoms. The van der Waals surface area contributed by atoms with Crippen molar-refractivity contribution in [3.05, 3.63) is 63.1 Å². The molecule has 1 atom stereocenters. The second-order valence-electron chi connectivity index (χ2n) is 8.98. The zero-order chi connectivity index (χ0) is 26.5. The number of halogens is 3. The summed E-state index contributed by atoms with van der Waals surface area (Å²) in [5.74, 6) is -0.797. The van der Waals surface area contributed by atoms with Crippen molar-refractivity contribution in [3.63, 3.8) is 0 Å². The van der Waals surface area contributed by atoms with Crippen molar-refractivity contribution in [1.29, 1.82) is 0 Å². The lowest BCUT2D eigenvalue weighted by molar-refractivity contribution is -0.139. The third-order valence-electron chi connectivity index (χ3n) is 6.29. The molecule has 2 aromatic rings. The number of nitrogens with zero attached hydrogens (tertiary/aromatic N) is 2. The van der Waals surface area contributed by atoms with E-state index in [9.17, 15) is 18.0 Å². The van der Waals surface area contributed by atoms with Gasteiger partial charge >= 0.3 is 0 Å². The van der Waals surface area contributed by atoms with Gasteiger partial charge in [-0.3, -0.25) is 13.9 Å². The van der Waals surface area contributed by atoms with E-state index in [2.05, 4.69) is 5.32 Å². The molecule has 0 aromatic heterocycles. The first kappa shape index (κ1) is 28.6. The molecule has 0 heterocycles. The van der Waals surface area contributed by atoms with E-state index in [1.54, 1.807) is 6.92 Å². The molecule has 7 nitrogen and oxygen atoms in total. The van der Waals surface area contributed by atoms with Crippen molar-refractivity contribution >= 4 is 62.3 Å². The monoisotopic (exact) mass is 573 g/mol. The Morgan fingerprint density at radius 1 is 1.03 bits per heavy atom. The SMILES string of the molecule is C[C@H](C(=O)NC1CCCC1)N(CCc1ccccc1)C(=O)CN(c1cc(Cl)c(Cl)cc1Cl)S(C)(=O)=O. The summed E-state index contributed by atoms with van der Waals surface area (Å²) in [5, 5.41) is 3.32. The predicted molar refractivity (Wildman–Crippen MR) is 145 cm³/mol. The van der Waals surface area contributed by atoms with Gasteiger partial charge in [-0.15, -0.1) is 0 Å². The van der Waals surface area contributed by atoms with Crippen molar-refractivity contribution in [3.8, 4) is 0 Å². The molecule has 11 heteroatoms. The van der Waals surface area contributed by atoms with Gasteiger partial charge in [0.05, 0.1) is 27.0 Å². The number of sulfonamides is 1. The van der Waals surface area contributed by atoms with Crippen molar-refractivity contribution in [2.24, 2.45) is 0 Å². The maximum atomic E-state index is 13.6. The standard InChI is InChI=1S/C25H30Cl3N3O4S/c1-17(25(33)29-19-10-6-7-11-19)30(13-12-18-8-4-3-5-9-18)24(32)16-31(36(2,34)35)23-15-21(27)20(26)14-22(23)28/h3-5,8-9,14-15,17,19H,6-7,10-13,16H2,1-2H3,(H,29,33)/t17-/m1/s1. The maximum Gasteiger partial charge on any atom is 0.244 e. The first-order valence-electron chi connectivity index (χ1n) is 11.7. The van der Waals surface area contributed by atoms with Crippen LogP contribution in [0.1, 0.15) is 38.2 Å². The zero-order valence-electron chi connectivity index (χ0n) is 20.2. The van der Waals surface area contributed by atoms with Gasteiger partial charge in [0.2, 0.25) is 21.8 Å². The first-order chi connectivity index (χ1) is 17.0. The Morgan fingerprint density at radius 3 is 2.25 bits per heavy atom. The molecule has 1 N–H and O–H groups in total.